The first-order chi connectivity index (χ1) is 14.9. The first-order valence-electron chi connectivity index (χ1n) is 9.69. The van der Waals surface area contributed by atoms with Crippen LogP contribution in [0.25, 0.3) is 10.8 Å². The van der Waals surface area contributed by atoms with Crippen molar-refractivity contribution in [2.75, 3.05) is 11.1 Å². The average Bonchev–Trinajstić information content (AvgIpc) is 3.19. The molecule has 4 rings (SSSR count). The van der Waals surface area contributed by atoms with Crippen molar-refractivity contribution in [1.29, 1.82) is 0 Å². The lowest BCUT2D eigenvalue weighted by Gasteiger charge is -2.11. The molecule has 0 saturated carbocycles. The molecule has 0 radical (unpaired) electrons. The van der Waals surface area contributed by atoms with E-state index >= 15 is 0 Å². The number of fused-ring (bicyclic) bond motifs is 1. The highest BCUT2D eigenvalue weighted by Crippen LogP contribution is 2.21. The number of nitrogens with zero attached hydrogens (tertiary/aromatic N) is 2. The van der Waals surface area contributed by atoms with Gasteiger partial charge < -0.3 is 5.32 Å². The Balaban J connectivity index is 1.43. The van der Waals surface area contributed by atoms with Crippen LogP contribution in [0.1, 0.15) is 12.0 Å². The quantitative estimate of drug-likeness (QED) is 0.445. The van der Waals surface area contributed by atoms with Gasteiger partial charge in [0.2, 0.25) is 5.91 Å². The van der Waals surface area contributed by atoms with Gasteiger partial charge in [-0.25, -0.2) is 13.1 Å². The molecule has 0 fully saturated rings. The van der Waals surface area contributed by atoms with Crippen LogP contribution in [-0.2, 0) is 21.2 Å². The molecule has 0 saturated heterocycles. The maximum Gasteiger partial charge on any atom is 0.226 e. The van der Waals surface area contributed by atoms with E-state index in [0.29, 0.717) is 17.4 Å². The number of sulfone groups is 1. The van der Waals surface area contributed by atoms with Gasteiger partial charge in [-0.3, -0.25) is 4.79 Å². The Morgan fingerprint density at radius 3 is 2.52 bits per heavy atom. The number of hydrogen-bond donors (Lipinski definition) is 1. The van der Waals surface area contributed by atoms with E-state index in [1.807, 2.05) is 42.5 Å². The van der Waals surface area contributed by atoms with Crippen molar-refractivity contribution in [3.05, 3.63) is 89.6 Å². The number of amides is 1. The van der Waals surface area contributed by atoms with Crippen LogP contribution in [0, 0.1) is 0 Å². The lowest BCUT2D eigenvalue weighted by atomic mass is 10.0. The van der Waals surface area contributed by atoms with Crippen LogP contribution < -0.4 is 5.32 Å². The molecule has 3 aromatic carbocycles. The van der Waals surface area contributed by atoms with Crippen molar-refractivity contribution in [3.63, 3.8) is 0 Å². The van der Waals surface area contributed by atoms with Gasteiger partial charge in [-0.2, -0.15) is 5.10 Å². The predicted octanol–water partition coefficient (Wildman–Crippen LogP) is 4.54. The van der Waals surface area contributed by atoms with Gasteiger partial charge in [0.1, 0.15) is 5.82 Å². The predicted molar refractivity (Wildman–Crippen MR) is 122 cm³/mol. The second kappa shape index (κ2) is 8.91. The third kappa shape index (κ3) is 4.95. The number of carbonyl (C=O) groups excluding carboxylic acids is 1. The molecule has 0 bridgehead atoms. The molecule has 1 amide bonds. The fraction of sp³-hybridized carbons (Fsp3) is 0.130. The summed E-state index contributed by atoms with van der Waals surface area (Å²) in [5.41, 5.74) is 1.07. The fourth-order valence-corrected chi connectivity index (χ4v) is 4.72. The van der Waals surface area contributed by atoms with Crippen LogP contribution in [-0.4, -0.2) is 29.9 Å². The van der Waals surface area contributed by atoms with E-state index in [1.165, 1.54) is 24.3 Å². The fourth-order valence-electron chi connectivity index (χ4n) is 3.35. The molecule has 31 heavy (non-hydrogen) atoms. The Kier molecular flexibility index (Phi) is 6.06. The van der Waals surface area contributed by atoms with Gasteiger partial charge in [-0.1, -0.05) is 54.1 Å². The molecule has 0 aliphatic rings. The van der Waals surface area contributed by atoms with Crippen LogP contribution in [0.5, 0.6) is 0 Å². The lowest BCUT2D eigenvalue weighted by molar-refractivity contribution is -0.115. The molecule has 1 aromatic heterocycles. The van der Waals surface area contributed by atoms with Crippen molar-refractivity contribution >= 4 is 43.9 Å². The average molecular weight is 454 g/mol. The monoisotopic (exact) mass is 453 g/mol. The van der Waals surface area contributed by atoms with Crippen molar-refractivity contribution < 1.29 is 13.2 Å². The normalized spacial score (nSPS) is 11.5. The maximum atomic E-state index is 12.4. The second-order valence-electron chi connectivity index (χ2n) is 7.08. The number of anilines is 1. The van der Waals surface area contributed by atoms with Crippen LogP contribution >= 0.6 is 11.6 Å². The largest absolute Gasteiger partial charge is 0.311 e. The summed E-state index contributed by atoms with van der Waals surface area (Å²) in [6, 6.07) is 21.7. The molecule has 0 unspecified atom stereocenters. The van der Waals surface area contributed by atoms with Crippen LogP contribution in [0.2, 0.25) is 5.02 Å². The minimum absolute atomic E-state index is 0.144. The summed E-state index contributed by atoms with van der Waals surface area (Å²) in [5, 5.41) is 9.78. The van der Waals surface area contributed by atoms with E-state index in [4.69, 9.17) is 11.6 Å². The van der Waals surface area contributed by atoms with Crippen molar-refractivity contribution in [2.45, 2.75) is 17.9 Å². The Bertz CT molecular complexity index is 1330. The van der Waals surface area contributed by atoms with Gasteiger partial charge in [0.15, 0.2) is 9.84 Å². The number of hydrogen-bond acceptors (Lipinski definition) is 4. The molecule has 1 N–H and O–H groups in total. The molecule has 8 heteroatoms. The summed E-state index contributed by atoms with van der Waals surface area (Å²) < 4.78 is 26.6. The number of nitrogens with one attached hydrogen (secondary N) is 1. The zero-order valence-corrected chi connectivity index (χ0v) is 18.1. The molecule has 0 spiro atoms. The zero-order chi connectivity index (χ0) is 21.8. The Morgan fingerprint density at radius 2 is 1.71 bits per heavy atom. The molecular weight excluding hydrogens is 434 g/mol. The van der Waals surface area contributed by atoms with E-state index < -0.39 is 15.7 Å². The third-order valence-corrected chi connectivity index (χ3v) is 6.94. The molecule has 0 atom stereocenters. The van der Waals surface area contributed by atoms with Gasteiger partial charge in [-0.05, 0) is 40.6 Å². The van der Waals surface area contributed by atoms with E-state index in [1.54, 1.807) is 16.9 Å². The third-order valence-electron chi connectivity index (χ3n) is 4.95. The molecule has 6 nitrogen and oxygen atoms in total. The van der Waals surface area contributed by atoms with Crippen LogP contribution in [0.15, 0.2) is 83.9 Å². The minimum Gasteiger partial charge on any atom is -0.311 e. The summed E-state index contributed by atoms with van der Waals surface area (Å²) in [4.78, 5) is 12.6. The lowest BCUT2D eigenvalue weighted by Crippen LogP contribution is -2.19. The van der Waals surface area contributed by atoms with Gasteiger partial charge in [0.05, 0.1) is 23.4 Å². The Morgan fingerprint density at radius 1 is 0.968 bits per heavy atom. The van der Waals surface area contributed by atoms with Crippen LogP contribution in [0.3, 0.4) is 0 Å². The number of rotatable bonds is 7. The van der Waals surface area contributed by atoms with Crippen LogP contribution in [0.4, 0.5) is 5.82 Å². The first kappa shape index (κ1) is 21.1. The zero-order valence-electron chi connectivity index (χ0n) is 16.5. The topological polar surface area (TPSA) is 81.1 Å². The minimum atomic E-state index is -3.58. The van der Waals surface area contributed by atoms with E-state index in [-0.39, 0.29) is 17.1 Å². The number of benzene rings is 3. The van der Waals surface area contributed by atoms with E-state index in [0.717, 1.165) is 16.3 Å². The van der Waals surface area contributed by atoms with Gasteiger partial charge in [0.25, 0.3) is 0 Å². The summed E-state index contributed by atoms with van der Waals surface area (Å²) in [7, 11) is -3.58. The Hall–Kier alpha value is -3.16. The Labute approximate surface area is 185 Å². The molecule has 158 valence electrons. The number of aromatic nitrogens is 2. The second-order valence-corrected chi connectivity index (χ2v) is 9.63. The highest BCUT2D eigenvalue weighted by molar-refractivity contribution is 7.91. The van der Waals surface area contributed by atoms with Crippen molar-refractivity contribution in [1.82, 2.24) is 9.78 Å². The van der Waals surface area contributed by atoms with E-state index in [2.05, 4.69) is 10.4 Å². The standard InChI is InChI=1S/C23H20ClN3O3S/c24-19-8-10-20(11-9-19)31(29,30)15-13-23(28)26-22-12-14-25-27(22)16-18-6-3-5-17-4-1-2-7-21(17)18/h1-12,14H,13,15-16H2,(H,26,28). The number of carbonyl (C=O) groups is 1. The summed E-state index contributed by atoms with van der Waals surface area (Å²) in [6.07, 6.45) is 1.44. The van der Waals surface area contributed by atoms with Gasteiger partial charge in [0, 0.05) is 17.5 Å². The molecule has 0 aliphatic heterocycles. The number of halogens is 1. The van der Waals surface area contributed by atoms with Crippen molar-refractivity contribution in [3.8, 4) is 0 Å². The smallest absolute Gasteiger partial charge is 0.226 e. The first-order valence-corrected chi connectivity index (χ1v) is 11.7. The SMILES string of the molecule is O=C(CCS(=O)(=O)c1ccc(Cl)cc1)Nc1ccnn1Cc1cccc2ccccc12. The highest BCUT2D eigenvalue weighted by Gasteiger charge is 2.17. The molecule has 1 heterocycles. The van der Waals surface area contributed by atoms with Crippen molar-refractivity contribution in [2.24, 2.45) is 0 Å². The summed E-state index contributed by atoms with van der Waals surface area (Å²) in [6.45, 7) is 0.479. The highest BCUT2D eigenvalue weighted by atomic mass is 35.5. The summed E-state index contributed by atoms with van der Waals surface area (Å²) >= 11 is 5.81. The van der Waals surface area contributed by atoms with E-state index in [9.17, 15) is 13.2 Å². The molecule has 4 aromatic rings. The molecular formula is C23H20ClN3O3S. The van der Waals surface area contributed by atoms with Gasteiger partial charge >= 0.3 is 0 Å². The summed E-state index contributed by atoms with van der Waals surface area (Å²) in [5.74, 6) is -0.170. The van der Waals surface area contributed by atoms with Gasteiger partial charge in [-0.15, -0.1) is 0 Å². The molecule has 0 aliphatic carbocycles. The maximum absolute atomic E-state index is 12.4.